The van der Waals surface area contributed by atoms with E-state index in [2.05, 4.69) is 10.6 Å². The zero-order valence-electron chi connectivity index (χ0n) is 8.26. The summed E-state index contributed by atoms with van der Waals surface area (Å²) in [7, 11) is 0. The molecule has 0 aliphatic heterocycles. The van der Waals surface area contributed by atoms with Crippen LogP contribution in [0.4, 0.5) is 14.9 Å². The van der Waals surface area contributed by atoms with E-state index in [0.29, 0.717) is 0 Å². The Hall–Kier alpha value is -1.53. The molecule has 8 heteroatoms. The van der Waals surface area contributed by atoms with E-state index in [-0.39, 0.29) is 15.7 Å². The largest absolute Gasteiger partial charge is 0.480 e. The van der Waals surface area contributed by atoms with E-state index < -0.39 is 24.4 Å². The predicted octanol–water partition coefficient (Wildman–Crippen LogP) is 2.34. The van der Waals surface area contributed by atoms with Gasteiger partial charge in [-0.25, -0.2) is 9.18 Å². The Morgan fingerprint density at radius 2 is 1.82 bits per heavy atom. The van der Waals surface area contributed by atoms with Gasteiger partial charge in [-0.3, -0.25) is 4.79 Å². The molecule has 0 unspecified atom stereocenters. The second kappa shape index (κ2) is 5.70. The van der Waals surface area contributed by atoms with Crippen LogP contribution in [-0.2, 0) is 4.79 Å². The topological polar surface area (TPSA) is 78.4 Å². The van der Waals surface area contributed by atoms with E-state index in [1.807, 2.05) is 0 Å². The van der Waals surface area contributed by atoms with Crippen molar-refractivity contribution in [2.75, 3.05) is 11.9 Å². The van der Waals surface area contributed by atoms with Crippen molar-refractivity contribution < 1.29 is 19.1 Å². The maximum absolute atomic E-state index is 13.0. The Labute approximate surface area is 106 Å². The number of aliphatic carboxylic acids is 1. The molecule has 0 bridgehead atoms. The van der Waals surface area contributed by atoms with E-state index in [0.717, 1.165) is 12.1 Å². The summed E-state index contributed by atoms with van der Waals surface area (Å²) >= 11 is 11.0. The van der Waals surface area contributed by atoms with Crippen LogP contribution in [0.25, 0.3) is 0 Å². The second-order valence-corrected chi connectivity index (χ2v) is 3.77. The quantitative estimate of drug-likeness (QED) is 0.744. The Morgan fingerprint density at radius 1 is 1.29 bits per heavy atom. The number of urea groups is 1. The zero-order chi connectivity index (χ0) is 13.0. The molecule has 0 aliphatic rings. The normalized spacial score (nSPS) is 9.82. The van der Waals surface area contributed by atoms with Crippen LogP contribution in [0, 0.1) is 5.82 Å². The number of anilines is 1. The molecule has 0 saturated heterocycles. The molecule has 2 amide bonds. The summed E-state index contributed by atoms with van der Waals surface area (Å²) in [6.07, 6.45) is 0. The first-order chi connectivity index (χ1) is 7.90. The number of hydrogen-bond donors (Lipinski definition) is 3. The first kappa shape index (κ1) is 13.5. The number of hydrogen-bond acceptors (Lipinski definition) is 2. The van der Waals surface area contributed by atoms with Gasteiger partial charge in [0, 0.05) is 5.69 Å². The van der Waals surface area contributed by atoms with Crippen molar-refractivity contribution in [3.63, 3.8) is 0 Å². The standard InChI is InChI=1S/C9H7Cl2FN2O3/c10-5-1-4(2-6(11)8(5)12)14-9(17)13-3-7(15)16/h1-2H,3H2,(H,15,16)(H2,13,14,17). The third kappa shape index (κ3) is 4.08. The Balaban J connectivity index is 2.69. The van der Waals surface area contributed by atoms with Gasteiger partial charge < -0.3 is 15.7 Å². The van der Waals surface area contributed by atoms with Crippen molar-refractivity contribution in [2.24, 2.45) is 0 Å². The minimum absolute atomic E-state index is 0.157. The van der Waals surface area contributed by atoms with Gasteiger partial charge in [-0.2, -0.15) is 0 Å². The summed E-state index contributed by atoms with van der Waals surface area (Å²) in [4.78, 5) is 21.3. The number of carbonyl (C=O) groups excluding carboxylic acids is 1. The average Bonchev–Trinajstić information content (AvgIpc) is 2.23. The smallest absolute Gasteiger partial charge is 0.323 e. The van der Waals surface area contributed by atoms with Crippen molar-refractivity contribution in [1.29, 1.82) is 0 Å². The van der Waals surface area contributed by atoms with Gasteiger partial charge in [0.2, 0.25) is 0 Å². The first-order valence-electron chi connectivity index (χ1n) is 4.31. The fraction of sp³-hybridized carbons (Fsp3) is 0.111. The number of rotatable bonds is 3. The Bertz CT molecular complexity index is 445. The number of carbonyl (C=O) groups is 2. The molecule has 0 aromatic heterocycles. The highest BCUT2D eigenvalue weighted by Gasteiger charge is 2.10. The van der Waals surface area contributed by atoms with Crippen molar-refractivity contribution in [3.05, 3.63) is 28.0 Å². The highest BCUT2D eigenvalue weighted by atomic mass is 35.5. The molecular weight excluding hydrogens is 274 g/mol. The van der Waals surface area contributed by atoms with E-state index in [4.69, 9.17) is 28.3 Å². The van der Waals surface area contributed by atoms with Gasteiger partial charge in [0.15, 0.2) is 5.82 Å². The third-order valence-corrected chi connectivity index (χ3v) is 2.19. The van der Waals surface area contributed by atoms with E-state index in [1.165, 1.54) is 0 Å². The van der Waals surface area contributed by atoms with Crippen LogP contribution in [-0.4, -0.2) is 23.7 Å². The summed E-state index contributed by atoms with van der Waals surface area (Å²) in [5, 5.41) is 12.1. The van der Waals surface area contributed by atoms with E-state index in [1.54, 1.807) is 0 Å². The Morgan fingerprint density at radius 3 is 2.29 bits per heavy atom. The molecule has 0 saturated carbocycles. The second-order valence-electron chi connectivity index (χ2n) is 2.96. The summed E-state index contributed by atoms with van der Waals surface area (Å²) in [5.41, 5.74) is 0.157. The van der Waals surface area contributed by atoms with Crippen molar-refractivity contribution in [1.82, 2.24) is 5.32 Å². The molecule has 3 N–H and O–H groups in total. The molecule has 0 atom stereocenters. The zero-order valence-corrected chi connectivity index (χ0v) is 9.77. The molecule has 92 valence electrons. The average molecular weight is 281 g/mol. The van der Waals surface area contributed by atoms with Crippen LogP contribution in [0.2, 0.25) is 10.0 Å². The van der Waals surface area contributed by atoms with Crippen molar-refractivity contribution in [3.8, 4) is 0 Å². The minimum Gasteiger partial charge on any atom is -0.480 e. The molecule has 1 rings (SSSR count). The van der Waals surface area contributed by atoms with Crippen LogP contribution in [0.15, 0.2) is 12.1 Å². The lowest BCUT2D eigenvalue weighted by Gasteiger charge is -2.07. The summed E-state index contributed by atoms with van der Waals surface area (Å²) in [6, 6.07) is 1.55. The van der Waals surface area contributed by atoms with Crippen LogP contribution in [0.5, 0.6) is 0 Å². The lowest BCUT2D eigenvalue weighted by atomic mass is 10.3. The molecule has 1 aromatic carbocycles. The third-order valence-electron chi connectivity index (χ3n) is 1.64. The van der Waals surface area contributed by atoms with Gasteiger partial charge in [0.1, 0.15) is 6.54 Å². The first-order valence-corrected chi connectivity index (χ1v) is 5.07. The number of amides is 2. The molecule has 5 nitrogen and oxygen atoms in total. The van der Waals surface area contributed by atoms with Gasteiger partial charge in [0.05, 0.1) is 10.0 Å². The van der Waals surface area contributed by atoms with Crippen molar-refractivity contribution >= 4 is 40.9 Å². The van der Waals surface area contributed by atoms with Gasteiger partial charge in [-0.05, 0) is 12.1 Å². The van der Waals surface area contributed by atoms with Crippen LogP contribution >= 0.6 is 23.2 Å². The van der Waals surface area contributed by atoms with Gasteiger partial charge in [0.25, 0.3) is 0 Å². The van der Waals surface area contributed by atoms with E-state index in [9.17, 15) is 14.0 Å². The van der Waals surface area contributed by atoms with Gasteiger partial charge in [-0.1, -0.05) is 23.2 Å². The molecule has 0 aliphatic carbocycles. The minimum atomic E-state index is -1.18. The van der Waals surface area contributed by atoms with Crippen molar-refractivity contribution in [2.45, 2.75) is 0 Å². The predicted molar refractivity (Wildman–Crippen MR) is 61.1 cm³/mol. The number of halogens is 3. The summed E-state index contributed by atoms with van der Waals surface area (Å²) in [5.74, 6) is -1.97. The lowest BCUT2D eigenvalue weighted by Crippen LogP contribution is -2.33. The lowest BCUT2D eigenvalue weighted by molar-refractivity contribution is -0.135. The van der Waals surface area contributed by atoms with Crippen LogP contribution in [0.1, 0.15) is 0 Å². The number of carboxylic acids is 1. The monoisotopic (exact) mass is 280 g/mol. The number of benzene rings is 1. The number of carboxylic acid groups (broad SMARTS) is 1. The molecule has 1 aromatic rings. The van der Waals surface area contributed by atoms with Crippen LogP contribution in [0.3, 0.4) is 0 Å². The van der Waals surface area contributed by atoms with Crippen LogP contribution < -0.4 is 10.6 Å². The highest BCUT2D eigenvalue weighted by Crippen LogP contribution is 2.27. The fourth-order valence-corrected chi connectivity index (χ4v) is 1.45. The number of nitrogens with one attached hydrogen (secondary N) is 2. The maximum Gasteiger partial charge on any atom is 0.323 e. The molecule has 0 heterocycles. The fourth-order valence-electron chi connectivity index (χ4n) is 0.959. The molecule has 0 fully saturated rings. The molecule has 0 spiro atoms. The van der Waals surface area contributed by atoms with Gasteiger partial charge >= 0.3 is 12.0 Å². The SMILES string of the molecule is O=C(O)CNC(=O)Nc1cc(Cl)c(F)c(Cl)c1. The molecule has 0 radical (unpaired) electrons. The summed E-state index contributed by atoms with van der Waals surface area (Å²) in [6.45, 7) is -0.533. The molecular formula is C9H7Cl2FN2O3. The van der Waals surface area contributed by atoms with E-state index >= 15 is 0 Å². The van der Waals surface area contributed by atoms with Gasteiger partial charge in [-0.15, -0.1) is 0 Å². The highest BCUT2D eigenvalue weighted by molar-refractivity contribution is 6.35. The Kier molecular flexibility index (Phi) is 4.53. The molecule has 17 heavy (non-hydrogen) atoms. The maximum atomic E-state index is 13.0. The summed E-state index contributed by atoms with van der Waals surface area (Å²) < 4.78 is 13.0.